The number of carbonyl (C=O) groups excluding carboxylic acids is 1. The van der Waals surface area contributed by atoms with Crippen LogP contribution in [-0.2, 0) is 9.53 Å². The largest absolute Gasteiger partial charge is 0.478 e. The van der Waals surface area contributed by atoms with Gasteiger partial charge in [0.1, 0.15) is 5.82 Å². The Labute approximate surface area is 92.0 Å². The summed E-state index contributed by atoms with van der Waals surface area (Å²) in [5.41, 5.74) is 0.0318. The molecule has 0 aliphatic carbocycles. The Morgan fingerprint density at radius 2 is 1.94 bits per heavy atom. The van der Waals surface area contributed by atoms with Crippen LogP contribution in [0.4, 0.5) is 8.78 Å². The van der Waals surface area contributed by atoms with E-state index in [2.05, 4.69) is 4.74 Å². The van der Waals surface area contributed by atoms with E-state index in [0.717, 1.165) is 12.1 Å². The Kier molecular flexibility index (Phi) is 4.22. The SMILES string of the molecule is CCOC(=O)COc1c(F)ccc(F)c1C. The van der Waals surface area contributed by atoms with Gasteiger partial charge in [0.15, 0.2) is 18.2 Å². The highest BCUT2D eigenvalue weighted by molar-refractivity contribution is 5.71. The highest BCUT2D eigenvalue weighted by atomic mass is 19.1. The number of esters is 1. The summed E-state index contributed by atoms with van der Waals surface area (Å²) in [5.74, 6) is -2.16. The molecule has 0 unspecified atom stereocenters. The summed E-state index contributed by atoms with van der Waals surface area (Å²) >= 11 is 0. The second kappa shape index (κ2) is 5.44. The second-order valence-electron chi connectivity index (χ2n) is 3.08. The topological polar surface area (TPSA) is 35.5 Å². The minimum atomic E-state index is -0.705. The standard InChI is InChI=1S/C11H12F2O3/c1-3-15-10(14)6-16-11-7(2)8(12)4-5-9(11)13/h4-5H,3,6H2,1-2H3. The molecule has 16 heavy (non-hydrogen) atoms. The Morgan fingerprint density at radius 1 is 1.31 bits per heavy atom. The molecule has 0 aliphatic heterocycles. The van der Waals surface area contributed by atoms with Crippen molar-refractivity contribution in [3.8, 4) is 5.75 Å². The molecule has 0 aliphatic rings. The molecule has 0 heterocycles. The third-order valence-corrected chi connectivity index (χ3v) is 1.93. The minimum absolute atomic E-state index is 0.0318. The van der Waals surface area contributed by atoms with Gasteiger partial charge in [0.2, 0.25) is 0 Å². The van der Waals surface area contributed by atoms with Crippen molar-refractivity contribution < 1.29 is 23.0 Å². The van der Waals surface area contributed by atoms with Crippen LogP contribution in [0.25, 0.3) is 0 Å². The third-order valence-electron chi connectivity index (χ3n) is 1.93. The van der Waals surface area contributed by atoms with E-state index >= 15 is 0 Å². The van der Waals surface area contributed by atoms with Gasteiger partial charge in [-0.1, -0.05) is 0 Å². The van der Waals surface area contributed by atoms with Gasteiger partial charge in [-0.05, 0) is 26.0 Å². The number of ether oxygens (including phenoxy) is 2. The summed E-state index contributed by atoms with van der Waals surface area (Å²) in [6.45, 7) is 2.80. The molecule has 0 bridgehead atoms. The van der Waals surface area contributed by atoms with Crippen LogP contribution < -0.4 is 4.74 Å². The van der Waals surface area contributed by atoms with E-state index in [-0.39, 0.29) is 17.9 Å². The van der Waals surface area contributed by atoms with Gasteiger partial charge in [-0.3, -0.25) is 0 Å². The van der Waals surface area contributed by atoms with E-state index in [1.165, 1.54) is 6.92 Å². The summed E-state index contributed by atoms with van der Waals surface area (Å²) in [7, 11) is 0. The van der Waals surface area contributed by atoms with Gasteiger partial charge in [-0.25, -0.2) is 13.6 Å². The molecule has 1 rings (SSSR count). The monoisotopic (exact) mass is 230 g/mol. The molecule has 0 amide bonds. The van der Waals surface area contributed by atoms with Crippen molar-refractivity contribution in [2.24, 2.45) is 0 Å². The molecular weight excluding hydrogens is 218 g/mol. The normalized spacial score (nSPS) is 10.0. The first-order valence-corrected chi connectivity index (χ1v) is 4.79. The molecular formula is C11H12F2O3. The van der Waals surface area contributed by atoms with Crippen molar-refractivity contribution in [2.75, 3.05) is 13.2 Å². The van der Waals surface area contributed by atoms with Crippen molar-refractivity contribution >= 4 is 5.97 Å². The molecule has 88 valence electrons. The fourth-order valence-corrected chi connectivity index (χ4v) is 1.15. The predicted octanol–water partition coefficient (Wildman–Crippen LogP) is 2.22. The maximum Gasteiger partial charge on any atom is 0.344 e. The zero-order valence-electron chi connectivity index (χ0n) is 9.05. The van der Waals surface area contributed by atoms with Crippen molar-refractivity contribution in [3.05, 3.63) is 29.3 Å². The molecule has 0 fully saturated rings. The van der Waals surface area contributed by atoms with Gasteiger partial charge in [-0.2, -0.15) is 0 Å². The fraction of sp³-hybridized carbons (Fsp3) is 0.364. The fourth-order valence-electron chi connectivity index (χ4n) is 1.15. The van der Waals surface area contributed by atoms with Crippen LogP contribution in [0.3, 0.4) is 0 Å². The van der Waals surface area contributed by atoms with Gasteiger partial charge in [0.05, 0.1) is 6.61 Å². The van der Waals surface area contributed by atoms with Crippen molar-refractivity contribution in [2.45, 2.75) is 13.8 Å². The molecule has 0 radical (unpaired) electrons. The van der Waals surface area contributed by atoms with Crippen LogP contribution in [0.15, 0.2) is 12.1 Å². The highest BCUT2D eigenvalue weighted by Gasteiger charge is 2.13. The second-order valence-corrected chi connectivity index (χ2v) is 3.08. The lowest BCUT2D eigenvalue weighted by Crippen LogP contribution is -2.15. The molecule has 0 spiro atoms. The van der Waals surface area contributed by atoms with E-state index in [1.807, 2.05) is 0 Å². The van der Waals surface area contributed by atoms with Crippen molar-refractivity contribution in [1.29, 1.82) is 0 Å². The first kappa shape index (κ1) is 12.4. The van der Waals surface area contributed by atoms with Gasteiger partial charge < -0.3 is 9.47 Å². The van der Waals surface area contributed by atoms with Gasteiger partial charge >= 0.3 is 5.97 Å². The zero-order valence-corrected chi connectivity index (χ0v) is 9.05. The summed E-state index contributed by atoms with van der Waals surface area (Å²) in [4.78, 5) is 11.0. The molecule has 0 aromatic heterocycles. The van der Waals surface area contributed by atoms with Crippen LogP contribution in [0.5, 0.6) is 5.75 Å². The van der Waals surface area contributed by atoms with E-state index in [0.29, 0.717) is 0 Å². The summed E-state index contributed by atoms with van der Waals surface area (Å²) in [6.07, 6.45) is 0. The van der Waals surface area contributed by atoms with Crippen LogP contribution in [0.1, 0.15) is 12.5 Å². The van der Waals surface area contributed by atoms with Crippen LogP contribution in [-0.4, -0.2) is 19.2 Å². The van der Waals surface area contributed by atoms with E-state index in [1.54, 1.807) is 6.92 Å². The number of benzene rings is 1. The van der Waals surface area contributed by atoms with Crippen molar-refractivity contribution in [1.82, 2.24) is 0 Å². The van der Waals surface area contributed by atoms with Gasteiger partial charge in [0, 0.05) is 5.56 Å². The van der Waals surface area contributed by atoms with Gasteiger partial charge in [0.25, 0.3) is 0 Å². The van der Waals surface area contributed by atoms with Crippen molar-refractivity contribution in [3.63, 3.8) is 0 Å². The summed E-state index contributed by atoms with van der Waals surface area (Å²) < 4.78 is 35.8. The van der Waals surface area contributed by atoms with E-state index in [4.69, 9.17) is 4.74 Å². The van der Waals surface area contributed by atoms with Gasteiger partial charge in [-0.15, -0.1) is 0 Å². The Bertz CT molecular complexity index is 391. The smallest absolute Gasteiger partial charge is 0.344 e. The van der Waals surface area contributed by atoms with E-state index in [9.17, 15) is 13.6 Å². The lowest BCUT2D eigenvalue weighted by atomic mass is 10.2. The molecule has 1 aromatic rings. The zero-order chi connectivity index (χ0) is 12.1. The lowest BCUT2D eigenvalue weighted by Gasteiger charge is -2.09. The highest BCUT2D eigenvalue weighted by Crippen LogP contribution is 2.24. The Morgan fingerprint density at radius 3 is 2.56 bits per heavy atom. The maximum atomic E-state index is 13.2. The number of hydrogen-bond donors (Lipinski definition) is 0. The van der Waals surface area contributed by atoms with Crippen LogP contribution >= 0.6 is 0 Å². The minimum Gasteiger partial charge on any atom is -0.478 e. The Balaban J connectivity index is 2.74. The molecule has 0 saturated heterocycles. The number of rotatable bonds is 4. The molecule has 3 nitrogen and oxygen atoms in total. The molecule has 0 N–H and O–H groups in total. The number of hydrogen-bond acceptors (Lipinski definition) is 3. The average Bonchev–Trinajstić information content (AvgIpc) is 2.24. The summed E-state index contributed by atoms with van der Waals surface area (Å²) in [6, 6.07) is 1.95. The predicted molar refractivity (Wildman–Crippen MR) is 53.2 cm³/mol. The number of carbonyl (C=O) groups is 1. The Hall–Kier alpha value is -1.65. The third kappa shape index (κ3) is 2.92. The first-order chi connectivity index (χ1) is 7.56. The quantitative estimate of drug-likeness (QED) is 0.744. The maximum absolute atomic E-state index is 13.2. The summed E-state index contributed by atoms with van der Waals surface area (Å²) in [5, 5.41) is 0. The molecule has 0 saturated carbocycles. The first-order valence-electron chi connectivity index (χ1n) is 4.79. The molecule has 0 atom stereocenters. The number of halogens is 2. The van der Waals surface area contributed by atoms with Crippen LogP contribution in [0.2, 0.25) is 0 Å². The molecule has 5 heteroatoms. The molecule has 1 aromatic carbocycles. The van der Waals surface area contributed by atoms with E-state index < -0.39 is 24.2 Å². The van der Waals surface area contributed by atoms with Crippen LogP contribution in [0, 0.1) is 18.6 Å². The average molecular weight is 230 g/mol. The lowest BCUT2D eigenvalue weighted by molar-refractivity contribution is -0.145.